The Bertz CT molecular complexity index is 782. The quantitative estimate of drug-likeness (QED) is 0.753. The van der Waals surface area contributed by atoms with E-state index in [-0.39, 0.29) is 29.8 Å². The van der Waals surface area contributed by atoms with Gasteiger partial charge in [0.2, 0.25) is 5.91 Å². The Kier molecular flexibility index (Phi) is 5.89. The van der Waals surface area contributed by atoms with Gasteiger partial charge in [0, 0.05) is 17.3 Å². The summed E-state index contributed by atoms with van der Waals surface area (Å²) in [6, 6.07) is 12.9. The normalized spacial score (nSPS) is 10.4. The van der Waals surface area contributed by atoms with Gasteiger partial charge in [0.1, 0.15) is 0 Å². The van der Waals surface area contributed by atoms with Crippen molar-refractivity contribution >= 4 is 23.5 Å². The molecule has 2 amide bonds. The van der Waals surface area contributed by atoms with Gasteiger partial charge in [-0.2, -0.15) is 0 Å². The second-order valence-corrected chi connectivity index (χ2v) is 5.89. The molecule has 0 aromatic heterocycles. The molecule has 25 heavy (non-hydrogen) atoms. The van der Waals surface area contributed by atoms with E-state index in [9.17, 15) is 14.4 Å². The minimum Gasteiger partial charge on any atom is -0.478 e. The van der Waals surface area contributed by atoms with Crippen molar-refractivity contribution in [3.63, 3.8) is 0 Å². The van der Waals surface area contributed by atoms with Crippen LogP contribution >= 0.6 is 0 Å². The molecule has 0 radical (unpaired) electrons. The van der Waals surface area contributed by atoms with Gasteiger partial charge < -0.3 is 15.7 Å². The number of hydrogen-bond donors (Lipinski definition) is 3. The van der Waals surface area contributed by atoms with Crippen molar-refractivity contribution in [3.8, 4) is 0 Å². The van der Waals surface area contributed by atoms with Gasteiger partial charge in [-0.25, -0.2) is 4.79 Å². The molecule has 2 rings (SSSR count). The van der Waals surface area contributed by atoms with Crippen molar-refractivity contribution in [2.45, 2.75) is 26.3 Å². The van der Waals surface area contributed by atoms with Gasteiger partial charge >= 0.3 is 5.97 Å². The highest BCUT2D eigenvalue weighted by atomic mass is 16.4. The molecule has 2 aromatic rings. The fraction of sp³-hybridized carbons (Fsp3) is 0.211. The largest absolute Gasteiger partial charge is 0.478 e. The lowest BCUT2D eigenvalue weighted by molar-refractivity contribution is -0.115. The summed E-state index contributed by atoms with van der Waals surface area (Å²) in [7, 11) is 0. The van der Waals surface area contributed by atoms with Crippen LogP contribution in [0.3, 0.4) is 0 Å². The van der Waals surface area contributed by atoms with Crippen LogP contribution in [0.2, 0.25) is 0 Å². The zero-order valence-corrected chi connectivity index (χ0v) is 14.1. The van der Waals surface area contributed by atoms with E-state index in [0.29, 0.717) is 16.8 Å². The fourth-order valence-corrected chi connectivity index (χ4v) is 2.31. The molecule has 0 bridgehead atoms. The average Bonchev–Trinajstić information content (AvgIpc) is 2.55. The number of carbonyl (C=O) groups excluding carboxylic acids is 2. The number of rotatable bonds is 6. The van der Waals surface area contributed by atoms with Crippen molar-refractivity contribution < 1.29 is 19.5 Å². The standard InChI is InChI=1S/C19H20N2O4/c1-12(2)20-18(23)13-7-9-15(10-8-13)21-17(22)11-14-5-3-4-6-16(14)19(24)25/h3-10,12H,11H2,1-2H3,(H,20,23)(H,21,22)(H,24,25). The maximum absolute atomic E-state index is 12.1. The van der Waals surface area contributed by atoms with E-state index in [1.807, 2.05) is 13.8 Å². The van der Waals surface area contributed by atoms with Crippen LogP contribution in [0.1, 0.15) is 40.1 Å². The summed E-state index contributed by atoms with van der Waals surface area (Å²) in [5, 5.41) is 14.6. The maximum Gasteiger partial charge on any atom is 0.335 e. The summed E-state index contributed by atoms with van der Waals surface area (Å²) in [6.45, 7) is 3.75. The number of nitrogens with one attached hydrogen (secondary N) is 2. The smallest absolute Gasteiger partial charge is 0.335 e. The van der Waals surface area contributed by atoms with Crippen LogP contribution in [0.25, 0.3) is 0 Å². The van der Waals surface area contributed by atoms with Gasteiger partial charge in [-0.1, -0.05) is 18.2 Å². The number of hydrogen-bond acceptors (Lipinski definition) is 3. The highest BCUT2D eigenvalue weighted by Crippen LogP contribution is 2.13. The topological polar surface area (TPSA) is 95.5 Å². The molecule has 130 valence electrons. The van der Waals surface area contributed by atoms with Crippen LogP contribution in [-0.4, -0.2) is 28.9 Å². The van der Waals surface area contributed by atoms with E-state index in [2.05, 4.69) is 10.6 Å². The van der Waals surface area contributed by atoms with E-state index >= 15 is 0 Å². The highest BCUT2D eigenvalue weighted by molar-refractivity contribution is 5.97. The number of amides is 2. The third-order valence-electron chi connectivity index (χ3n) is 3.45. The molecule has 0 aliphatic carbocycles. The predicted molar refractivity (Wildman–Crippen MR) is 94.8 cm³/mol. The Hall–Kier alpha value is -3.15. The summed E-state index contributed by atoms with van der Waals surface area (Å²) in [5.41, 5.74) is 1.60. The Balaban J connectivity index is 2.02. The average molecular weight is 340 g/mol. The monoisotopic (exact) mass is 340 g/mol. The summed E-state index contributed by atoms with van der Waals surface area (Å²) in [6.07, 6.45) is -0.0436. The van der Waals surface area contributed by atoms with E-state index in [1.54, 1.807) is 42.5 Å². The minimum atomic E-state index is -1.07. The molecule has 0 fully saturated rings. The number of carbonyl (C=O) groups is 3. The highest BCUT2D eigenvalue weighted by Gasteiger charge is 2.13. The van der Waals surface area contributed by atoms with Crippen molar-refractivity contribution in [2.75, 3.05) is 5.32 Å². The molecule has 0 aliphatic rings. The minimum absolute atomic E-state index is 0.0428. The predicted octanol–water partition coefficient (Wildman–Crippen LogP) is 2.70. The van der Waals surface area contributed by atoms with Crippen LogP contribution in [0, 0.1) is 0 Å². The molecule has 0 unspecified atom stereocenters. The number of anilines is 1. The zero-order chi connectivity index (χ0) is 18.4. The summed E-state index contributed by atoms with van der Waals surface area (Å²) >= 11 is 0. The van der Waals surface area contributed by atoms with Gasteiger partial charge in [-0.3, -0.25) is 9.59 Å². The third-order valence-corrected chi connectivity index (χ3v) is 3.45. The molecule has 2 aromatic carbocycles. The molecule has 0 saturated heterocycles. The lowest BCUT2D eigenvalue weighted by Crippen LogP contribution is -2.30. The second-order valence-electron chi connectivity index (χ2n) is 5.89. The summed E-state index contributed by atoms with van der Waals surface area (Å²) < 4.78 is 0. The van der Waals surface area contributed by atoms with E-state index < -0.39 is 5.97 Å². The molecule has 0 aliphatic heterocycles. The SMILES string of the molecule is CC(C)NC(=O)c1ccc(NC(=O)Cc2ccccc2C(=O)O)cc1. The van der Waals surface area contributed by atoms with Gasteiger partial charge in [0.25, 0.3) is 5.91 Å². The first-order valence-electron chi connectivity index (χ1n) is 7.89. The van der Waals surface area contributed by atoms with Crippen molar-refractivity contribution in [2.24, 2.45) is 0 Å². The van der Waals surface area contributed by atoms with Gasteiger partial charge in [-0.15, -0.1) is 0 Å². The molecular weight excluding hydrogens is 320 g/mol. The summed E-state index contributed by atoms with van der Waals surface area (Å²) in [5.74, 6) is -1.57. The van der Waals surface area contributed by atoms with E-state index in [1.165, 1.54) is 6.07 Å². The molecule has 0 atom stereocenters. The lowest BCUT2D eigenvalue weighted by atomic mass is 10.0. The van der Waals surface area contributed by atoms with Crippen molar-refractivity contribution in [1.29, 1.82) is 0 Å². The number of aromatic carboxylic acids is 1. The van der Waals surface area contributed by atoms with Crippen molar-refractivity contribution in [3.05, 3.63) is 65.2 Å². The Morgan fingerprint density at radius 1 is 1.00 bits per heavy atom. The molecule has 6 heteroatoms. The molecule has 6 nitrogen and oxygen atoms in total. The van der Waals surface area contributed by atoms with Crippen molar-refractivity contribution in [1.82, 2.24) is 5.32 Å². The van der Waals surface area contributed by atoms with Gasteiger partial charge in [-0.05, 0) is 49.7 Å². The lowest BCUT2D eigenvalue weighted by Gasteiger charge is -2.10. The summed E-state index contributed by atoms with van der Waals surface area (Å²) in [4.78, 5) is 35.2. The zero-order valence-electron chi connectivity index (χ0n) is 14.1. The Labute approximate surface area is 145 Å². The van der Waals surface area contributed by atoms with Crippen LogP contribution in [0.4, 0.5) is 5.69 Å². The van der Waals surface area contributed by atoms with E-state index in [0.717, 1.165) is 0 Å². The molecule has 0 spiro atoms. The van der Waals surface area contributed by atoms with Gasteiger partial charge in [0.15, 0.2) is 0 Å². The molecule has 0 heterocycles. The molecule has 0 saturated carbocycles. The fourth-order valence-electron chi connectivity index (χ4n) is 2.31. The Morgan fingerprint density at radius 2 is 1.64 bits per heavy atom. The van der Waals surface area contributed by atoms with Crippen LogP contribution < -0.4 is 10.6 Å². The third kappa shape index (κ3) is 5.17. The maximum atomic E-state index is 12.1. The van der Waals surface area contributed by atoms with Crippen LogP contribution in [-0.2, 0) is 11.2 Å². The molecule has 3 N–H and O–H groups in total. The first kappa shape index (κ1) is 18.2. The first-order valence-corrected chi connectivity index (χ1v) is 7.89. The van der Waals surface area contributed by atoms with Crippen LogP contribution in [0.15, 0.2) is 48.5 Å². The Morgan fingerprint density at radius 3 is 2.24 bits per heavy atom. The molecular formula is C19H20N2O4. The van der Waals surface area contributed by atoms with Crippen LogP contribution in [0.5, 0.6) is 0 Å². The van der Waals surface area contributed by atoms with Gasteiger partial charge in [0.05, 0.1) is 12.0 Å². The first-order chi connectivity index (χ1) is 11.9. The second kappa shape index (κ2) is 8.10. The van der Waals surface area contributed by atoms with E-state index in [4.69, 9.17) is 5.11 Å². The number of benzene rings is 2. The number of carboxylic acids is 1. The number of carboxylic acid groups (broad SMARTS) is 1.